The van der Waals surface area contributed by atoms with E-state index in [-0.39, 0.29) is 5.75 Å². The Labute approximate surface area is 93.6 Å². The minimum atomic E-state index is -4.04. The van der Waals surface area contributed by atoms with E-state index in [2.05, 4.69) is 27.9 Å². The van der Waals surface area contributed by atoms with Gasteiger partial charge in [0, 0.05) is 12.2 Å². The largest absolute Gasteiger partial charge is 0.748 e. The third kappa shape index (κ3) is 10.2. The third-order valence-electron chi connectivity index (χ3n) is 2.47. The zero-order chi connectivity index (χ0) is 12.1. The van der Waals surface area contributed by atoms with Crippen LogP contribution in [-0.2, 0) is 10.1 Å². The summed E-state index contributed by atoms with van der Waals surface area (Å²) < 4.78 is 32.0. The summed E-state index contributed by atoms with van der Waals surface area (Å²) in [4.78, 5) is 0. The van der Waals surface area contributed by atoms with Crippen molar-refractivity contribution in [3.63, 3.8) is 0 Å². The fourth-order valence-corrected chi connectivity index (χ4v) is 1.87. The lowest BCUT2D eigenvalue weighted by Gasteiger charge is -2.30. The van der Waals surface area contributed by atoms with Gasteiger partial charge < -0.3 is 9.04 Å². The Hall–Kier alpha value is -0.130. The van der Waals surface area contributed by atoms with E-state index in [0.29, 0.717) is 12.3 Å². The Morgan fingerprint density at radius 3 is 2.13 bits per heavy atom. The highest BCUT2D eigenvalue weighted by atomic mass is 32.2. The summed E-state index contributed by atoms with van der Waals surface area (Å²) in [5, 5.41) is 0. The predicted octanol–water partition coefficient (Wildman–Crippen LogP) is 1.04. The van der Waals surface area contributed by atoms with E-state index in [1.807, 2.05) is 0 Å². The van der Waals surface area contributed by atoms with Crippen LogP contribution in [0.1, 0.15) is 26.7 Å². The second-order valence-corrected chi connectivity index (χ2v) is 6.70. The van der Waals surface area contributed by atoms with E-state index in [1.165, 1.54) is 0 Å². The average Bonchev–Trinajstić information content (AvgIpc) is 1.98. The van der Waals surface area contributed by atoms with Crippen LogP contribution < -0.4 is 0 Å². The molecule has 0 aromatic carbocycles. The molecule has 0 N–H and O–H groups in total. The summed E-state index contributed by atoms with van der Waals surface area (Å²) in [7, 11) is 0.101. The van der Waals surface area contributed by atoms with Crippen molar-refractivity contribution in [2.75, 3.05) is 32.9 Å². The van der Waals surface area contributed by atoms with E-state index < -0.39 is 10.1 Å². The van der Waals surface area contributed by atoms with Crippen LogP contribution in [0.15, 0.2) is 0 Å². The van der Waals surface area contributed by atoms with Crippen molar-refractivity contribution in [3.8, 4) is 0 Å². The van der Waals surface area contributed by atoms with Crippen molar-refractivity contribution in [3.05, 3.63) is 0 Å². The molecule has 0 saturated heterocycles. The van der Waals surface area contributed by atoms with E-state index >= 15 is 0 Å². The molecule has 4 nitrogen and oxygen atoms in total. The molecule has 0 bridgehead atoms. The van der Waals surface area contributed by atoms with Gasteiger partial charge in [-0.3, -0.25) is 0 Å². The fourth-order valence-electron chi connectivity index (χ4n) is 1.39. The number of nitrogens with zero attached hydrogens (tertiary/aromatic N) is 1. The molecule has 0 unspecified atom stereocenters. The Bertz CT molecular complexity index is 270. The van der Waals surface area contributed by atoms with E-state index in [9.17, 15) is 13.0 Å². The maximum absolute atomic E-state index is 10.4. The van der Waals surface area contributed by atoms with Gasteiger partial charge in [0.2, 0.25) is 0 Å². The summed E-state index contributed by atoms with van der Waals surface area (Å²) in [6.07, 6.45) is 1.58. The van der Waals surface area contributed by atoms with Crippen LogP contribution in [0.25, 0.3) is 0 Å². The fraction of sp³-hybridized carbons (Fsp3) is 1.00. The van der Waals surface area contributed by atoms with Crippen molar-refractivity contribution in [1.82, 2.24) is 0 Å². The van der Waals surface area contributed by atoms with Crippen molar-refractivity contribution in [2.24, 2.45) is 5.92 Å². The SMILES string of the molecule is CC(C)CC[N+](C)(C)CCCS(=O)(=O)[O-]. The maximum Gasteiger partial charge on any atom is 0.0948 e. The average molecular weight is 237 g/mol. The van der Waals surface area contributed by atoms with Gasteiger partial charge in [-0.2, -0.15) is 0 Å². The second kappa shape index (κ2) is 5.82. The van der Waals surface area contributed by atoms with Crippen LogP contribution >= 0.6 is 0 Å². The van der Waals surface area contributed by atoms with Gasteiger partial charge in [0.25, 0.3) is 0 Å². The summed E-state index contributed by atoms with van der Waals surface area (Å²) in [6, 6.07) is 0. The zero-order valence-electron chi connectivity index (χ0n) is 10.2. The molecule has 0 spiro atoms. The van der Waals surface area contributed by atoms with E-state index in [1.54, 1.807) is 0 Å². The lowest BCUT2D eigenvalue weighted by molar-refractivity contribution is -0.890. The Morgan fingerprint density at radius 1 is 1.20 bits per heavy atom. The van der Waals surface area contributed by atoms with Gasteiger partial charge in [-0.1, -0.05) is 13.8 Å². The molecule has 0 fully saturated rings. The molecule has 0 aromatic heterocycles. The first-order valence-corrected chi connectivity index (χ1v) is 6.96. The summed E-state index contributed by atoms with van der Waals surface area (Å²) in [5.74, 6) is 0.418. The first kappa shape index (κ1) is 14.9. The van der Waals surface area contributed by atoms with Crippen molar-refractivity contribution < 1.29 is 17.5 Å². The Balaban J connectivity index is 3.84. The van der Waals surface area contributed by atoms with Gasteiger partial charge in [0.15, 0.2) is 0 Å². The number of quaternary nitrogens is 1. The van der Waals surface area contributed by atoms with Gasteiger partial charge in [0.05, 0.1) is 37.3 Å². The Kier molecular flexibility index (Phi) is 5.77. The van der Waals surface area contributed by atoms with Crippen LogP contribution in [0.3, 0.4) is 0 Å². The minimum absolute atomic E-state index is 0.240. The van der Waals surface area contributed by atoms with Gasteiger partial charge in [-0.25, -0.2) is 8.42 Å². The molecule has 0 aliphatic heterocycles. The smallest absolute Gasteiger partial charge is 0.0948 e. The van der Waals surface area contributed by atoms with Gasteiger partial charge in [-0.15, -0.1) is 0 Å². The molecule has 0 radical (unpaired) electrons. The van der Waals surface area contributed by atoms with Crippen molar-refractivity contribution in [1.29, 1.82) is 0 Å². The molecule has 0 aromatic rings. The highest BCUT2D eigenvalue weighted by Crippen LogP contribution is 2.07. The van der Waals surface area contributed by atoms with Crippen molar-refractivity contribution >= 4 is 10.1 Å². The van der Waals surface area contributed by atoms with Crippen LogP contribution in [0.5, 0.6) is 0 Å². The standard InChI is InChI=1S/C10H23NO3S/c1-10(2)6-8-11(3,4)7-5-9-15(12,13)14/h10H,5-9H2,1-4H3. The molecule has 92 valence electrons. The molecule has 0 aliphatic rings. The van der Waals surface area contributed by atoms with Crippen LogP contribution in [0, 0.1) is 5.92 Å². The van der Waals surface area contributed by atoms with E-state index in [0.717, 1.165) is 24.0 Å². The van der Waals surface area contributed by atoms with Crippen molar-refractivity contribution in [2.45, 2.75) is 26.7 Å². The van der Waals surface area contributed by atoms with Gasteiger partial charge >= 0.3 is 0 Å². The molecule has 0 saturated carbocycles. The topological polar surface area (TPSA) is 57.2 Å². The van der Waals surface area contributed by atoms with E-state index in [4.69, 9.17) is 0 Å². The minimum Gasteiger partial charge on any atom is -0.748 e. The first-order chi connectivity index (χ1) is 6.62. The predicted molar refractivity (Wildman–Crippen MR) is 60.5 cm³/mol. The van der Waals surface area contributed by atoms with Crippen LogP contribution in [0.2, 0.25) is 0 Å². The number of hydrogen-bond acceptors (Lipinski definition) is 3. The zero-order valence-corrected chi connectivity index (χ0v) is 11.0. The molecule has 5 heteroatoms. The summed E-state index contributed by atoms with van der Waals surface area (Å²) >= 11 is 0. The first-order valence-electron chi connectivity index (χ1n) is 5.38. The summed E-state index contributed by atoms with van der Waals surface area (Å²) in [6.45, 7) is 6.11. The highest BCUT2D eigenvalue weighted by molar-refractivity contribution is 7.85. The number of hydrogen-bond donors (Lipinski definition) is 0. The third-order valence-corrected chi connectivity index (χ3v) is 3.26. The Morgan fingerprint density at radius 2 is 1.73 bits per heavy atom. The quantitative estimate of drug-likeness (QED) is 0.491. The lowest BCUT2D eigenvalue weighted by Crippen LogP contribution is -2.42. The molecule has 0 atom stereocenters. The lowest BCUT2D eigenvalue weighted by atomic mass is 10.1. The van der Waals surface area contributed by atoms with Crippen LogP contribution in [-0.4, -0.2) is 50.4 Å². The molecule has 0 amide bonds. The van der Waals surface area contributed by atoms with Gasteiger partial charge in [0.1, 0.15) is 0 Å². The molecule has 15 heavy (non-hydrogen) atoms. The van der Waals surface area contributed by atoms with Gasteiger partial charge in [-0.05, 0) is 12.3 Å². The maximum atomic E-state index is 10.4. The molecular formula is C10H23NO3S. The normalized spacial score (nSPS) is 13.5. The second-order valence-electron chi connectivity index (χ2n) is 5.18. The van der Waals surface area contributed by atoms with Crippen LogP contribution in [0.4, 0.5) is 0 Å². The summed E-state index contributed by atoms with van der Waals surface area (Å²) in [5.41, 5.74) is 0. The molecular weight excluding hydrogens is 214 g/mol. The molecule has 0 rings (SSSR count). The molecule has 0 aliphatic carbocycles. The number of rotatable bonds is 7. The highest BCUT2D eigenvalue weighted by Gasteiger charge is 2.15. The molecule has 0 heterocycles. The monoisotopic (exact) mass is 237 g/mol.